The van der Waals surface area contributed by atoms with Crippen LogP contribution in [0.2, 0.25) is 5.02 Å². The molecule has 1 aliphatic carbocycles. The van der Waals surface area contributed by atoms with Gasteiger partial charge in [-0.05, 0) is 67.0 Å². The first-order valence-electron chi connectivity index (χ1n) is 11.2. The van der Waals surface area contributed by atoms with Crippen LogP contribution in [-0.2, 0) is 27.6 Å². The Labute approximate surface area is 195 Å². The zero-order valence-electron chi connectivity index (χ0n) is 18.3. The van der Waals surface area contributed by atoms with Gasteiger partial charge in [-0.3, -0.25) is 4.79 Å². The summed E-state index contributed by atoms with van der Waals surface area (Å²) in [5.41, 5.74) is 3.98. The SMILES string of the molecule is CC[C@H](NC(=O)c1cc(S(=O)(=O)N2CCOCC2)ccc1Cl)c1ccc2c(c1)CCCC2. The van der Waals surface area contributed by atoms with E-state index >= 15 is 0 Å². The van der Waals surface area contributed by atoms with Gasteiger partial charge in [0.25, 0.3) is 5.91 Å². The normalized spacial score (nSPS) is 18.1. The van der Waals surface area contributed by atoms with Crippen molar-refractivity contribution in [3.8, 4) is 0 Å². The molecule has 32 heavy (non-hydrogen) atoms. The Morgan fingerprint density at radius 3 is 2.53 bits per heavy atom. The Balaban J connectivity index is 1.56. The van der Waals surface area contributed by atoms with Gasteiger partial charge in [-0.1, -0.05) is 36.7 Å². The fourth-order valence-corrected chi connectivity index (χ4v) is 6.04. The molecular formula is C24H29ClN2O4S. The lowest BCUT2D eigenvalue weighted by Gasteiger charge is -2.26. The van der Waals surface area contributed by atoms with Crippen LogP contribution in [0.4, 0.5) is 0 Å². The van der Waals surface area contributed by atoms with E-state index < -0.39 is 10.0 Å². The van der Waals surface area contributed by atoms with Gasteiger partial charge < -0.3 is 10.1 Å². The van der Waals surface area contributed by atoms with Gasteiger partial charge in [0.05, 0.1) is 34.7 Å². The molecule has 1 N–H and O–H groups in total. The van der Waals surface area contributed by atoms with Crippen molar-refractivity contribution in [2.24, 2.45) is 0 Å². The maximum atomic E-state index is 13.1. The lowest BCUT2D eigenvalue weighted by atomic mass is 9.88. The van der Waals surface area contributed by atoms with Gasteiger partial charge in [0, 0.05) is 13.1 Å². The molecule has 1 saturated heterocycles. The third-order valence-electron chi connectivity index (χ3n) is 6.28. The van der Waals surface area contributed by atoms with Gasteiger partial charge in [-0.2, -0.15) is 4.31 Å². The van der Waals surface area contributed by atoms with E-state index in [1.807, 2.05) is 6.92 Å². The van der Waals surface area contributed by atoms with Gasteiger partial charge in [-0.15, -0.1) is 0 Å². The van der Waals surface area contributed by atoms with Crippen LogP contribution in [0.25, 0.3) is 0 Å². The van der Waals surface area contributed by atoms with Crippen LogP contribution in [0.1, 0.15) is 59.3 Å². The summed E-state index contributed by atoms with van der Waals surface area (Å²) in [5, 5.41) is 3.28. The van der Waals surface area contributed by atoms with Crippen molar-refractivity contribution in [2.45, 2.75) is 50.0 Å². The molecule has 6 nitrogen and oxygen atoms in total. The monoisotopic (exact) mass is 476 g/mol. The van der Waals surface area contributed by atoms with E-state index in [0.29, 0.717) is 32.7 Å². The molecule has 0 radical (unpaired) electrons. The van der Waals surface area contributed by atoms with E-state index in [1.54, 1.807) is 0 Å². The topological polar surface area (TPSA) is 75.7 Å². The number of carbonyl (C=O) groups is 1. The van der Waals surface area contributed by atoms with E-state index in [0.717, 1.165) is 18.4 Å². The molecule has 1 atom stereocenters. The number of carbonyl (C=O) groups excluding carboxylic acids is 1. The van der Waals surface area contributed by atoms with Crippen molar-refractivity contribution in [1.29, 1.82) is 0 Å². The molecule has 1 amide bonds. The Bertz CT molecular complexity index is 1100. The minimum Gasteiger partial charge on any atom is -0.379 e. The Kier molecular flexibility index (Phi) is 7.20. The first-order chi connectivity index (χ1) is 15.4. The van der Waals surface area contributed by atoms with Crippen LogP contribution in [0.15, 0.2) is 41.3 Å². The maximum absolute atomic E-state index is 13.1. The summed E-state index contributed by atoms with van der Waals surface area (Å²) in [7, 11) is -3.72. The molecule has 2 aliphatic rings. The van der Waals surface area contributed by atoms with Crippen LogP contribution in [-0.4, -0.2) is 44.9 Å². The summed E-state index contributed by atoms with van der Waals surface area (Å²) in [6.45, 7) is 3.33. The standard InChI is InChI=1S/C24H29ClN2O4S/c1-2-23(19-8-7-17-5-3-4-6-18(17)15-19)26-24(28)21-16-20(9-10-22(21)25)32(29,30)27-11-13-31-14-12-27/h7-10,15-16,23H,2-6,11-14H2,1H3,(H,26,28)/t23-/m0/s1. The third kappa shape index (κ3) is 4.86. The molecule has 2 aromatic carbocycles. The highest BCUT2D eigenvalue weighted by molar-refractivity contribution is 7.89. The van der Waals surface area contributed by atoms with E-state index in [2.05, 4.69) is 23.5 Å². The molecule has 1 aliphatic heterocycles. The molecule has 1 fully saturated rings. The zero-order valence-corrected chi connectivity index (χ0v) is 19.8. The van der Waals surface area contributed by atoms with Crippen LogP contribution >= 0.6 is 11.6 Å². The van der Waals surface area contributed by atoms with E-state index in [1.165, 1.54) is 46.5 Å². The fraction of sp³-hybridized carbons (Fsp3) is 0.458. The van der Waals surface area contributed by atoms with Crippen molar-refractivity contribution in [2.75, 3.05) is 26.3 Å². The summed E-state index contributed by atoms with van der Waals surface area (Å²) in [4.78, 5) is 13.2. The van der Waals surface area contributed by atoms with Crippen molar-refractivity contribution in [1.82, 2.24) is 9.62 Å². The highest BCUT2D eigenvalue weighted by atomic mass is 35.5. The van der Waals surface area contributed by atoms with Gasteiger partial charge >= 0.3 is 0 Å². The number of aryl methyl sites for hydroxylation is 2. The minimum absolute atomic E-state index is 0.0655. The van der Waals surface area contributed by atoms with Crippen LogP contribution in [0.3, 0.4) is 0 Å². The number of amides is 1. The molecule has 0 spiro atoms. The zero-order chi connectivity index (χ0) is 22.7. The van der Waals surface area contributed by atoms with Gasteiger partial charge in [-0.25, -0.2) is 8.42 Å². The third-order valence-corrected chi connectivity index (χ3v) is 8.50. The molecule has 0 bridgehead atoms. The van der Waals surface area contributed by atoms with E-state index in [4.69, 9.17) is 16.3 Å². The molecule has 8 heteroatoms. The predicted octanol–water partition coefficient (Wildman–Crippen LogP) is 4.12. The number of ether oxygens (including phenoxy) is 1. The van der Waals surface area contributed by atoms with Crippen molar-refractivity contribution in [3.05, 3.63) is 63.7 Å². The van der Waals surface area contributed by atoms with Crippen LogP contribution < -0.4 is 5.32 Å². The number of nitrogens with zero attached hydrogens (tertiary/aromatic N) is 1. The predicted molar refractivity (Wildman–Crippen MR) is 125 cm³/mol. The number of benzene rings is 2. The maximum Gasteiger partial charge on any atom is 0.253 e. The summed E-state index contributed by atoms with van der Waals surface area (Å²) in [6.07, 6.45) is 5.32. The lowest BCUT2D eigenvalue weighted by Crippen LogP contribution is -2.40. The number of hydrogen-bond acceptors (Lipinski definition) is 4. The Hall–Kier alpha value is -1.93. The van der Waals surface area contributed by atoms with E-state index in [-0.39, 0.29) is 27.4 Å². The van der Waals surface area contributed by atoms with E-state index in [9.17, 15) is 13.2 Å². The first kappa shape index (κ1) is 23.2. The number of halogens is 1. The van der Waals surface area contributed by atoms with Crippen LogP contribution in [0, 0.1) is 0 Å². The molecule has 1 heterocycles. The number of fused-ring (bicyclic) bond motifs is 1. The molecule has 0 unspecified atom stereocenters. The summed E-state index contributed by atoms with van der Waals surface area (Å²) >= 11 is 6.31. The summed E-state index contributed by atoms with van der Waals surface area (Å²) in [6, 6.07) is 10.6. The first-order valence-corrected chi connectivity index (χ1v) is 13.0. The number of nitrogens with one attached hydrogen (secondary N) is 1. The second-order valence-electron chi connectivity index (χ2n) is 8.33. The van der Waals surface area contributed by atoms with Crippen molar-refractivity contribution in [3.63, 3.8) is 0 Å². The number of sulfonamides is 1. The van der Waals surface area contributed by atoms with Gasteiger partial charge in [0.2, 0.25) is 10.0 Å². The average Bonchev–Trinajstić information content (AvgIpc) is 2.82. The van der Waals surface area contributed by atoms with Gasteiger partial charge in [0.15, 0.2) is 0 Å². The van der Waals surface area contributed by atoms with Crippen molar-refractivity contribution >= 4 is 27.5 Å². The quantitative estimate of drug-likeness (QED) is 0.680. The number of hydrogen-bond donors (Lipinski definition) is 1. The Morgan fingerprint density at radius 2 is 1.81 bits per heavy atom. The Morgan fingerprint density at radius 1 is 1.09 bits per heavy atom. The molecule has 172 valence electrons. The van der Waals surface area contributed by atoms with Gasteiger partial charge in [0.1, 0.15) is 0 Å². The van der Waals surface area contributed by atoms with Crippen LogP contribution in [0.5, 0.6) is 0 Å². The highest BCUT2D eigenvalue weighted by Crippen LogP contribution is 2.28. The minimum atomic E-state index is -3.72. The lowest BCUT2D eigenvalue weighted by molar-refractivity contribution is 0.0730. The van der Waals surface area contributed by atoms with Crippen molar-refractivity contribution < 1.29 is 17.9 Å². The summed E-state index contributed by atoms with van der Waals surface area (Å²) in [5.74, 6) is -0.376. The molecule has 0 saturated carbocycles. The highest BCUT2D eigenvalue weighted by Gasteiger charge is 2.28. The summed E-state index contributed by atoms with van der Waals surface area (Å²) < 4.78 is 32.6. The smallest absolute Gasteiger partial charge is 0.253 e. The molecule has 4 rings (SSSR count). The molecule has 2 aromatic rings. The average molecular weight is 477 g/mol. The number of morpholine rings is 1. The number of rotatable bonds is 6. The largest absolute Gasteiger partial charge is 0.379 e. The molecular weight excluding hydrogens is 448 g/mol. The second kappa shape index (κ2) is 9.91. The second-order valence-corrected chi connectivity index (χ2v) is 10.7. The fourth-order valence-electron chi connectivity index (χ4n) is 4.40. The molecule has 0 aromatic heterocycles.